The molecule has 9 aromatic rings. The van der Waals surface area contributed by atoms with Crippen LogP contribution in [0.3, 0.4) is 0 Å². The normalized spacial score (nSPS) is 11.5. The monoisotopic (exact) mass is 585 g/mol. The zero-order valence-electron chi connectivity index (χ0n) is 24.9. The Kier molecular flexibility index (Phi) is 6.14. The number of hydrogen-bond donors (Lipinski definition) is 0. The Hall–Kier alpha value is -6.19. The van der Waals surface area contributed by atoms with Crippen molar-refractivity contribution in [3.05, 3.63) is 164 Å². The second-order valence-corrected chi connectivity index (χ2v) is 11.7. The molecular weight excluding hydrogens is 558 g/mol. The molecule has 2 aromatic heterocycles. The number of rotatable bonds is 5. The van der Waals surface area contributed by atoms with Crippen molar-refractivity contribution in [3.8, 4) is 56.2 Å². The van der Waals surface area contributed by atoms with Crippen LogP contribution in [0.15, 0.2) is 164 Å². The van der Waals surface area contributed by atoms with Crippen LogP contribution in [0.2, 0.25) is 0 Å². The number of hydrogen-bond acceptors (Lipinski definition) is 3. The first-order valence-corrected chi connectivity index (χ1v) is 15.5. The summed E-state index contributed by atoms with van der Waals surface area (Å²) in [7, 11) is 0. The zero-order chi connectivity index (χ0) is 30.5. The van der Waals surface area contributed by atoms with Gasteiger partial charge in [-0.05, 0) is 72.8 Å². The minimum Gasteiger partial charge on any atom is -0.265 e. The first-order chi connectivity index (χ1) is 22.8. The lowest BCUT2D eigenvalue weighted by molar-refractivity contribution is 1.18. The molecule has 46 heavy (non-hydrogen) atoms. The van der Waals surface area contributed by atoms with Gasteiger partial charge in [0.1, 0.15) is 0 Å². The summed E-state index contributed by atoms with van der Waals surface area (Å²) in [6, 6.07) is 53.7. The van der Waals surface area contributed by atoms with E-state index in [-0.39, 0.29) is 0 Å². The summed E-state index contributed by atoms with van der Waals surface area (Å²) in [4.78, 5) is 14.3. The second kappa shape index (κ2) is 10.8. The van der Waals surface area contributed by atoms with E-state index in [1.54, 1.807) is 0 Å². The molecule has 0 unspecified atom stereocenters. The van der Waals surface area contributed by atoms with Gasteiger partial charge in [0.05, 0.1) is 11.4 Å². The van der Waals surface area contributed by atoms with E-state index in [0.29, 0.717) is 5.82 Å². The topological polar surface area (TPSA) is 38.7 Å². The van der Waals surface area contributed by atoms with E-state index < -0.39 is 0 Å². The van der Waals surface area contributed by atoms with Gasteiger partial charge in [-0.1, -0.05) is 133 Å². The van der Waals surface area contributed by atoms with Crippen molar-refractivity contribution < 1.29 is 0 Å². The van der Waals surface area contributed by atoms with Gasteiger partial charge >= 0.3 is 0 Å². The number of aromatic nitrogens is 3. The summed E-state index contributed by atoms with van der Waals surface area (Å²) in [5.41, 5.74) is 9.56. The second-order valence-electron chi connectivity index (χ2n) is 11.7. The van der Waals surface area contributed by atoms with Crippen LogP contribution in [0.25, 0.3) is 88.5 Å². The van der Waals surface area contributed by atoms with Crippen LogP contribution in [0, 0.1) is 0 Å². The molecule has 0 atom stereocenters. The molecule has 3 heteroatoms. The van der Waals surface area contributed by atoms with Gasteiger partial charge in [-0.25, -0.2) is 9.97 Å². The Labute approximate surface area is 266 Å². The van der Waals surface area contributed by atoms with Crippen LogP contribution in [0.5, 0.6) is 0 Å². The molecule has 0 aliphatic rings. The molecule has 0 fully saturated rings. The maximum absolute atomic E-state index is 5.09. The van der Waals surface area contributed by atoms with E-state index in [2.05, 4.69) is 126 Å². The van der Waals surface area contributed by atoms with Crippen LogP contribution in [-0.2, 0) is 0 Å². The van der Waals surface area contributed by atoms with Gasteiger partial charge in [-0.15, -0.1) is 0 Å². The summed E-state index contributed by atoms with van der Waals surface area (Å²) in [6.45, 7) is 0. The molecule has 0 radical (unpaired) electrons. The van der Waals surface area contributed by atoms with Crippen molar-refractivity contribution in [2.45, 2.75) is 0 Å². The van der Waals surface area contributed by atoms with Crippen LogP contribution in [0.4, 0.5) is 0 Å². The van der Waals surface area contributed by atoms with Crippen molar-refractivity contribution in [1.29, 1.82) is 0 Å². The molecule has 7 aromatic carbocycles. The fourth-order valence-electron chi connectivity index (χ4n) is 6.64. The lowest BCUT2D eigenvalue weighted by Gasteiger charge is -2.14. The van der Waals surface area contributed by atoms with E-state index in [1.165, 1.54) is 43.4 Å². The van der Waals surface area contributed by atoms with Gasteiger partial charge in [0.15, 0.2) is 5.82 Å². The Morgan fingerprint density at radius 2 is 0.891 bits per heavy atom. The van der Waals surface area contributed by atoms with Gasteiger partial charge in [0.25, 0.3) is 0 Å². The molecule has 2 heterocycles. The number of nitrogens with zero attached hydrogens (tertiary/aromatic N) is 3. The zero-order valence-corrected chi connectivity index (χ0v) is 24.9. The molecule has 9 rings (SSSR count). The highest BCUT2D eigenvalue weighted by atomic mass is 14.9. The van der Waals surface area contributed by atoms with Crippen molar-refractivity contribution in [3.63, 3.8) is 0 Å². The molecular formula is C43H27N3. The third kappa shape index (κ3) is 4.49. The smallest absolute Gasteiger partial charge is 0.160 e. The number of pyridine rings is 1. The Bertz CT molecular complexity index is 2470. The van der Waals surface area contributed by atoms with Gasteiger partial charge < -0.3 is 0 Å². The fraction of sp³-hybridized carbons (Fsp3) is 0. The minimum atomic E-state index is 0.705. The summed E-state index contributed by atoms with van der Waals surface area (Å²) in [5.74, 6) is 0.705. The van der Waals surface area contributed by atoms with Crippen molar-refractivity contribution in [2.75, 3.05) is 0 Å². The van der Waals surface area contributed by atoms with Crippen LogP contribution in [0.1, 0.15) is 0 Å². The molecule has 0 aliphatic carbocycles. The van der Waals surface area contributed by atoms with Gasteiger partial charge in [0.2, 0.25) is 0 Å². The fourth-order valence-corrected chi connectivity index (χ4v) is 6.64. The lowest BCUT2D eigenvalue weighted by Crippen LogP contribution is -1.96. The summed E-state index contributed by atoms with van der Waals surface area (Å²) in [6.07, 6.45) is 3.64. The van der Waals surface area contributed by atoms with Crippen molar-refractivity contribution in [2.24, 2.45) is 0 Å². The average molecular weight is 586 g/mol. The van der Waals surface area contributed by atoms with E-state index >= 15 is 0 Å². The third-order valence-corrected chi connectivity index (χ3v) is 8.97. The third-order valence-electron chi connectivity index (χ3n) is 8.97. The molecule has 0 amide bonds. The number of benzene rings is 7. The van der Waals surface area contributed by atoms with Crippen molar-refractivity contribution >= 4 is 32.3 Å². The first-order valence-electron chi connectivity index (χ1n) is 15.5. The van der Waals surface area contributed by atoms with Gasteiger partial charge in [-0.3, -0.25) is 4.98 Å². The molecule has 0 aliphatic heterocycles. The van der Waals surface area contributed by atoms with E-state index in [9.17, 15) is 0 Å². The molecule has 3 nitrogen and oxygen atoms in total. The predicted octanol–water partition coefficient (Wildman–Crippen LogP) is 11.1. The van der Waals surface area contributed by atoms with Crippen LogP contribution < -0.4 is 0 Å². The quantitative estimate of drug-likeness (QED) is 0.189. The highest BCUT2D eigenvalue weighted by molar-refractivity contribution is 6.25. The molecule has 0 bridgehead atoms. The molecule has 0 spiro atoms. The average Bonchev–Trinajstić information content (AvgIpc) is 3.14. The molecule has 0 N–H and O–H groups in total. The summed E-state index contributed by atoms with van der Waals surface area (Å²) >= 11 is 0. The van der Waals surface area contributed by atoms with Gasteiger partial charge in [0, 0.05) is 29.1 Å². The molecule has 0 saturated heterocycles. The maximum atomic E-state index is 5.09. The van der Waals surface area contributed by atoms with Gasteiger partial charge in [-0.2, -0.15) is 0 Å². The Morgan fingerprint density at radius 1 is 0.348 bits per heavy atom. The standard InChI is InChI=1S/C43H27N3/c1-2-5-31(6-3-1)39-27-40(32-13-9-28(10-14-32)29-23-25-44-26-24-29)46-43(45-39)36-17-11-30(12-18-36)37-21-19-35-16-15-33-7-4-8-34-20-22-38(37)42(35)41(33)34/h1-27H. The highest BCUT2D eigenvalue weighted by Gasteiger charge is 2.14. The predicted molar refractivity (Wildman–Crippen MR) is 191 cm³/mol. The van der Waals surface area contributed by atoms with Crippen LogP contribution >= 0.6 is 0 Å². The Morgan fingerprint density at radius 3 is 1.61 bits per heavy atom. The molecule has 0 saturated carbocycles. The largest absolute Gasteiger partial charge is 0.265 e. The SMILES string of the molecule is c1ccc(-c2cc(-c3ccc(-c4ccncc4)cc3)nc(-c3ccc(-c4ccc5ccc6cccc7ccc4c5c67)cc3)n2)cc1. The summed E-state index contributed by atoms with van der Waals surface area (Å²) < 4.78 is 0. The summed E-state index contributed by atoms with van der Waals surface area (Å²) in [5, 5.41) is 7.77. The van der Waals surface area contributed by atoms with Crippen molar-refractivity contribution in [1.82, 2.24) is 15.0 Å². The minimum absolute atomic E-state index is 0.705. The highest BCUT2D eigenvalue weighted by Crippen LogP contribution is 2.39. The first kappa shape index (κ1) is 26.2. The maximum Gasteiger partial charge on any atom is 0.160 e. The van der Waals surface area contributed by atoms with E-state index in [4.69, 9.17) is 9.97 Å². The van der Waals surface area contributed by atoms with E-state index in [0.717, 1.165) is 39.2 Å². The molecule has 214 valence electrons. The Balaban J connectivity index is 1.13. The van der Waals surface area contributed by atoms with Crippen LogP contribution in [-0.4, -0.2) is 15.0 Å². The van der Waals surface area contributed by atoms with E-state index in [1.807, 2.05) is 42.7 Å². The lowest BCUT2D eigenvalue weighted by atomic mass is 9.90.